The number of aliphatic hydroxyl groups is 1. The van der Waals surface area contributed by atoms with Crippen LogP contribution in [0.3, 0.4) is 0 Å². The minimum absolute atomic E-state index is 0.655. The molecule has 0 spiro atoms. The Balaban J connectivity index is 2.36. The molecule has 2 rings (SSSR count). The van der Waals surface area contributed by atoms with Crippen LogP contribution in [0.1, 0.15) is 31.2 Å². The molecule has 1 aliphatic carbocycles. The lowest BCUT2D eigenvalue weighted by Crippen LogP contribution is -2.41. The third kappa shape index (κ3) is 1.84. The topological polar surface area (TPSA) is 20.2 Å². The van der Waals surface area contributed by atoms with Crippen LogP contribution >= 0.6 is 0 Å². The smallest absolute Gasteiger partial charge is 0.264 e. The van der Waals surface area contributed by atoms with Gasteiger partial charge in [-0.1, -0.05) is 43.2 Å². The standard InChI is InChI=1S/C13H16F2O/c14-12(15)11(16)13(8-4-5-9-13)10-6-2-1-3-7-10/h1-3,6-7,11-12,16H,4-5,8-9H2. The van der Waals surface area contributed by atoms with Gasteiger partial charge in [0.05, 0.1) is 0 Å². The molecule has 0 aliphatic heterocycles. The van der Waals surface area contributed by atoms with Crippen molar-refractivity contribution in [3.63, 3.8) is 0 Å². The molecule has 1 fully saturated rings. The zero-order chi connectivity index (χ0) is 11.6. The summed E-state index contributed by atoms with van der Waals surface area (Å²) in [5.41, 5.74) is 0.121. The number of rotatable bonds is 3. The van der Waals surface area contributed by atoms with Crippen molar-refractivity contribution in [2.24, 2.45) is 0 Å². The zero-order valence-electron chi connectivity index (χ0n) is 9.07. The van der Waals surface area contributed by atoms with Gasteiger partial charge < -0.3 is 5.11 Å². The molecular formula is C13H16F2O. The average Bonchev–Trinajstić information content (AvgIpc) is 2.79. The van der Waals surface area contributed by atoms with Gasteiger partial charge in [-0.2, -0.15) is 0 Å². The summed E-state index contributed by atoms with van der Waals surface area (Å²) in [6, 6.07) is 9.23. The molecule has 88 valence electrons. The first-order valence-electron chi connectivity index (χ1n) is 5.68. The minimum Gasteiger partial charge on any atom is -0.386 e. The lowest BCUT2D eigenvalue weighted by Gasteiger charge is -2.34. The molecule has 0 bridgehead atoms. The lowest BCUT2D eigenvalue weighted by atomic mass is 9.74. The van der Waals surface area contributed by atoms with Gasteiger partial charge in [-0.25, -0.2) is 8.78 Å². The first-order chi connectivity index (χ1) is 7.67. The molecular weight excluding hydrogens is 210 g/mol. The predicted octanol–water partition coefficient (Wildman–Crippen LogP) is 3.12. The van der Waals surface area contributed by atoms with E-state index in [2.05, 4.69) is 0 Å². The highest BCUT2D eigenvalue weighted by molar-refractivity contribution is 5.28. The van der Waals surface area contributed by atoms with Gasteiger partial charge in [0.1, 0.15) is 6.10 Å². The van der Waals surface area contributed by atoms with E-state index in [1.54, 1.807) is 0 Å². The molecule has 0 amide bonds. The summed E-state index contributed by atoms with van der Waals surface area (Å²) in [5.74, 6) is 0. The lowest BCUT2D eigenvalue weighted by molar-refractivity contribution is -0.0515. The summed E-state index contributed by atoms with van der Waals surface area (Å²) in [4.78, 5) is 0. The van der Waals surface area contributed by atoms with E-state index in [1.165, 1.54) is 0 Å². The van der Waals surface area contributed by atoms with Crippen molar-refractivity contribution < 1.29 is 13.9 Å². The largest absolute Gasteiger partial charge is 0.386 e. The van der Waals surface area contributed by atoms with Crippen molar-refractivity contribution in [3.05, 3.63) is 35.9 Å². The fraction of sp³-hybridized carbons (Fsp3) is 0.538. The fourth-order valence-electron chi connectivity index (χ4n) is 2.77. The Morgan fingerprint density at radius 2 is 1.62 bits per heavy atom. The molecule has 1 aliphatic rings. The van der Waals surface area contributed by atoms with Crippen LogP contribution < -0.4 is 0 Å². The highest BCUT2D eigenvalue weighted by Gasteiger charge is 2.45. The maximum Gasteiger partial charge on any atom is 0.264 e. The van der Waals surface area contributed by atoms with Crippen molar-refractivity contribution in [1.82, 2.24) is 0 Å². The third-order valence-corrected chi connectivity index (χ3v) is 3.65. The van der Waals surface area contributed by atoms with Crippen molar-refractivity contribution in [1.29, 1.82) is 0 Å². The molecule has 1 aromatic carbocycles. The van der Waals surface area contributed by atoms with Crippen LogP contribution in [0.2, 0.25) is 0 Å². The summed E-state index contributed by atoms with van der Waals surface area (Å²) in [6.07, 6.45) is -1.07. The summed E-state index contributed by atoms with van der Waals surface area (Å²) in [7, 11) is 0. The Hall–Kier alpha value is -0.960. The normalized spacial score (nSPS) is 21.2. The van der Waals surface area contributed by atoms with E-state index in [9.17, 15) is 13.9 Å². The quantitative estimate of drug-likeness (QED) is 0.839. The highest BCUT2D eigenvalue weighted by atomic mass is 19.3. The van der Waals surface area contributed by atoms with Crippen LogP contribution in [0.25, 0.3) is 0 Å². The molecule has 1 saturated carbocycles. The Bertz CT molecular complexity index is 331. The third-order valence-electron chi connectivity index (χ3n) is 3.65. The van der Waals surface area contributed by atoms with Gasteiger partial charge in [0, 0.05) is 5.41 Å². The number of hydrogen-bond acceptors (Lipinski definition) is 1. The molecule has 0 heterocycles. The maximum atomic E-state index is 12.8. The van der Waals surface area contributed by atoms with Crippen molar-refractivity contribution in [2.75, 3.05) is 0 Å². The summed E-state index contributed by atoms with van der Waals surface area (Å²) in [6.45, 7) is 0. The van der Waals surface area contributed by atoms with Crippen LogP contribution in [0.5, 0.6) is 0 Å². The number of benzene rings is 1. The van der Waals surface area contributed by atoms with E-state index in [0.717, 1.165) is 18.4 Å². The van der Waals surface area contributed by atoms with E-state index in [4.69, 9.17) is 0 Å². The van der Waals surface area contributed by atoms with E-state index < -0.39 is 17.9 Å². The monoisotopic (exact) mass is 226 g/mol. The van der Waals surface area contributed by atoms with E-state index in [-0.39, 0.29) is 0 Å². The summed E-state index contributed by atoms with van der Waals surface area (Å²) in [5, 5.41) is 9.78. The maximum absolute atomic E-state index is 12.8. The molecule has 1 atom stereocenters. The first-order valence-corrected chi connectivity index (χ1v) is 5.68. The highest BCUT2D eigenvalue weighted by Crippen LogP contribution is 2.45. The second-order valence-electron chi connectivity index (χ2n) is 4.51. The average molecular weight is 226 g/mol. The van der Waals surface area contributed by atoms with Gasteiger partial charge in [0.25, 0.3) is 6.43 Å². The zero-order valence-corrected chi connectivity index (χ0v) is 9.07. The van der Waals surface area contributed by atoms with E-state index in [0.29, 0.717) is 12.8 Å². The van der Waals surface area contributed by atoms with Crippen LogP contribution in [0.15, 0.2) is 30.3 Å². The van der Waals surface area contributed by atoms with Crippen molar-refractivity contribution >= 4 is 0 Å². The predicted molar refractivity (Wildman–Crippen MR) is 58.6 cm³/mol. The Morgan fingerprint density at radius 3 is 2.12 bits per heavy atom. The Labute approximate surface area is 94.1 Å². The van der Waals surface area contributed by atoms with Crippen LogP contribution in [-0.2, 0) is 5.41 Å². The van der Waals surface area contributed by atoms with Crippen LogP contribution in [0.4, 0.5) is 8.78 Å². The number of alkyl halides is 2. The molecule has 0 saturated heterocycles. The van der Waals surface area contributed by atoms with Gasteiger partial charge in [-0.3, -0.25) is 0 Å². The number of halogens is 2. The molecule has 1 nitrogen and oxygen atoms in total. The van der Waals surface area contributed by atoms with Crippen molar-refractivity contribution in [3.8, 4) is 0 Å². The van der Waals surface area contributed by atoms with Crippen LogP contribution in [-0.4, -0.2) is 17.6 Å². The van der Waals surface area contributed by atoms with Crippen LogP contribution in [0, 0.1) is 0 Å². The first kappa shape index (κ1) is 11.5. The minimum atomic E-state index is -2.67. The molecule has 0 aromatic heterocycles. The van der Waals surface area contributed by atoms with Gasteiger partial charge in [-0.05, 0) is 18.4 Å². The Kier molecular flexibility index (Phi) is 3.24. The van der Waals surface area contributed by atoms with E-state index in [1.807, 2.05) is 30.3 Å². The summed E-state index contributed by atoms with van der Waals surface area (Å²) < 4.78 is 25.5. The van der Waals surface area contributed by atoms with E-state index >= 15 is 0 Å². The molecule has 1 N–H and O–H groups in total. The molecule has 0 radical (unpaired) electrons. The molecule has 16 heavy (non-hydrogen) atoms. The SMILES string of the molecule is OC(C(F)F)C1(c2ccccc2)CCCC1. The molecule has 1 unspecified atom stereocenters. The second-order valence-corrected chi connectivity index (χ2v) is 4.51. The second kappa shape index (κ2) is 4.50. The molecule has 3 heteroatoms. The number of aliphatic hydroxyl groups excluding tert-OH is 1. The van der Waals surface area contributed by atoms with Gasteiger partial charge in [0.15, 0.2) is 0 Å². The molecule has 1 aromatic rings. The fourth-order valence-corrected chi connectivity index (χ4v) is 2.77. The van der Waals surface area contributed by atoms with Gasteiger partial charge in [0.2, 0.25) is 0 Å². The van der Waals surface area contributed by atoms with Crippen molar-refractivity contribution in [2.45, 2.75) is 43.6 Å². The van der Waals surface area contributed by atoms with Gasteiger partial charge >= 0.3 is 0 Å². The van der Waals surface area contributed by atoms with Gasteiger partial charge in [-0.15, -0.1) is 0 Å². The number of hydrogen-bond donors (Lipinski definition) is 1. The summed E-state index contributed by atoms with van der Waals surface area (Å²) >= 11 is 0. The Morgan fingerprint density at radius 1 is 1.06 bits per heavy atom.